The van der Waals surface area contributed by atoms with E-state index in [-0.39, 0.29) is 5.91 Å². The van der Waals surface area contributed by atoms with Crippen LogP contribution in [0.1, 0.15) is 15.9 Å². The van der Waals surface area contributed by atoms with Crippen molar-refractivity contribution in [3.8, 4) is 0 Å². The van der Waals surface area contributed by atoms with Crippen LogP contribution in [-0.2, 0) is 11.3 Å². The van der Waals surface area contributed by atoms with Crippen molar-refractivity contribution in [3.63, 3.8) is 0 Å². The van der Waals surface area contributed by atoms with E-state index in [0.717, 1.165) is 10.0 Å². The van der Waals surface area contributed by atoms with Crippen LogP contribution in [-0.4, -0.2) is 29.4 Å². The number of halogens is 1. The molecule has 0 aliphatic heterocycles. The van der Waals surface area contributed by atoms with Gasteiger partial charge in [0.25, 0.3) is 5.91 Å². The molecule has 0 saturated heterocycles. The van der Waals surface area contributed by atoms with Crippen molar-refractivity contribution in [2.24, 2.45) is 0 Å². The van der Waals surface area contributed by atoms with E-state index >= 15 is 0 Å². The van der Waals surface area contributed by atoms with Crippen LogP contribution in [0.25, 0.3) is 0 Å². The number of carbonyl (C=O) groups excluding carboxylic acids is 1. The quantitative estimate of drug-likeness (QED) is 0.809. The van der Waals surface area contributed by atoms with Crippen LogP contribution in [0.3, 0.4) is 0 Å². The highest BCUT2D eigenvalue weighted by atomic mass is 79.9. The topological polar surface area (TPSA) is 82.2 Å². The molecular formula is C14H17BrN4O2. The van der Waals surface area contributed by atoms with Gasteiger partial charge in [0.05, 0.1) is 25.0 Å². The lowest BCUT2D eigenvalue weighted by atomic mass is 10.1. The van der Waals surface area contributed by atoms with Gasteiger partial charge in [-0.3, -0.25) is 9.48 Å². The molecule has 1 aromatic heterocycles. The van der Waals surface area contributed by atoms with Gasteiger partial charge in [0.15, 0.2) is 0 Å². The number of nitrogen functional groups attached to an aromatic ring is 1. The van der Waals surface area contributed by atoms with Gasteiger partial charge in [0, 0.05) is 29.0 Å². The zero-order valence-electron chi connectivity index (χ0n) is 11.9. The van der Waals surface area contributed by atoms with Gasteiger partial charge in [-0.05, 0) is 24.6 Å². The van der Waals surface area contributed by atoms with Gasteiger partial charge < -0.3 is 15.8 Å². The molecule has 112 valence electrons. The number of hydrogen-bond acceptors (Lipinski definition) is 4. The van der Waals surface area contributed by atoms with Crippen molar-refractivity contribution < 1.29 is 9.53 Å². The Bertz CT molecular complexity index is 654. The third kappa shape index (κ3) is 3.83. The van der Waals surface area contributed by atoms with E-state index in [4.69, 9.17) is 10.5 Å². The molecule has 1 aromatic carbocycles. The number of nitrogens with zero attached hydrogens (tertiary/aromatic N) is 2. The van der Waals surface area contributed by atoms with Crippen molar-refractivity contribution in [3.05, 3.63) is 40.1 Å². The molecule has 21 heavy (non-hydrogen) atoms. The summed E-state index contributed by atoms with van der Waals surface area (Å²) in [6, 6.07) is 3.52. The molecule has 0 saturated carbocycles. The minimum absolute atomic E-state index is 0.216. The molecule has 0 spiro atoms. The second kappa shape index (κ2) is 6.73. The van der Waals surface area contributed by atoms with Crippen LogP contribution in [0.4, 0.5) is 11.4 Å². The number of carbonyl (C=O) groups is 1. The fourth-order valence-corrected chi connectivity index (χ4v) is 2.35. The number of rotatable bonds is 5. The van der Waals surface area contributed by atoms with E-state index in [9.17, 15) is 4.79 Å². The highest BCUT2D eigenvalue weighted by molar-refractivity contribution is 9.10. The van der Waals surface area contributed by atoms with Gasteiger partial charge in [-0.1, -0.05) is 15.9 Å². The van der Waals surface area contributed by atoms with Crippen molar-refractivity contribution in [1.29, 1.82) is 0 Å². The number of benzene rings is 1. The highest BCUT2D eigenvalue weighted by Gasteiger charge is 2.13. The maximum atomic E-state index is 12.3. The Kier molecular flexibility index (Phi) is 4.98. The smallest absolute Gasteiger partial charge is 0.256 e. The minimum Gasteiger partial charge on any atom is -0.398 e. The number of methoxy groups -OCH3 is 1. The lowest BCUT2D eigenvalue weighted by molar-refractivity contribution is 0.102. The average molecular weight is 353 g/mol. The first kappa shape index (κ1) is 15.5. The number of anilines is 2. The van der Waals surface area contributed by atoms with Gasteiger partial charge in [-0.25, -0.2) is 0 Å². The Morgan fingerprint density at radius 1 is 1.52 bits per heavy atom. The molecule has 7 heteroatoms. The Balaban J connectivity index is 2.13. The van der Waals surface area contributed by atoms with E-state index in [1.807, 2.05) is 6.92 Å². The highest BCUT2D eigenvalue weighted by Crippen LogP contribution is 2.23. The van der Waals surface area contributed by atoms with E-state index in [1.54, 1.807) is 36.3 Å². The first-order valence-electron chi connectivity index (χ1n) is 6.39. The van der Waals surface area contributed by atoms with Crippen LogP contribution < -0.4 is 11.1 Å². The summed E-state index contributed by atoms with van der Waals surface area (Å²) in [4.78, 5) is 12.3. The van der Waals surface area contributed by atoms with Crippen LogP contribution in [0, 0.1) is 6.92 Å². The molecule has 2 aromatic rings. The standard InChI is InChI=1S/C14H17BrN4O2/c1-9-12(5-10(15)6-13(9)16)14(20)18-11-7-17-19(8-11)3-4-21-2/h5-8H,3-4,16H2,1-2H3,(H,18,20). The molecule has 0 fully saturated rings. The summed E-state index contributed by atoms with van der Waals surface area (Å²) in [6.07, 6.45) is 3.36. The van der Waals surface area contributed by atoms with E-state index in [1.165, 1.54) is 0 Å². The first-order chi connectivity index (χ1) is 10.0. The predicted octanol–water partition coefficient (Wildman–Crippen LogP) is 2.43. The summed E-state index contributed by atoms with van der Waals surface area (Å²) in [5.41, 5.74) is 8.37. The Morgan fingerprint density at radius 3 is 3.00 bits per heavy atom. The number of hydrogen-bond donors (Lipinski definition) is 2. The lowest BCUT2D eigenvalue weighted by Gasteiger charge is -2.09. The molecule has 3 N–H and O–H groups in total. The van der Waals surface area contributed by atoms with Gasteiger partial charge >= 0.3 is 0 Å². The van der Waals surface area contributed by atoms with E-state index in [2.05, 4.69) is 26.3 Å². The Hall–Kier alpha value is -1.86. The molecular weight excluding hydrogens is 336 g/mol. The second-order valence-electron chi connectivity index (χ2n) is 4.61. The van der Waals surface area contributed by atoms with E-state index in [0.29, 0.717) is 30.1 Å². The lowest BCUT2D eigenvalue weighted by Crippen LogP contribution is -2.14. The van der Waals surface area contributed by atoms with E-state index < -0.39 is 0 Å². The number of aromatic nitrogens is 2. The van der Waals surface area contributed by atoms with Crippen molar-refractivity contribution in [2.75, 3.05) is 24.8 Å². The van der Waals surface area contributed by atoms with Crippen LogP contribution >= 0.6 is 15.9 Å². The minimum atomic E-state index is -0.216. The summed E-state index contributed by atoms with van der Waals surface area (Å²) in [5.74, 6) is -0.216. The number of amides is 1. The van der Waals surface area contributed by atoms with Crippen molar-refractivity contribution in [2.45, 2.75) is 13.5 Å². The van der Waals surface area contributed by atoms with Crippen molar-refractivity contribution >= 4 is 33.2 Å². The first-order valence-corrected chi connectivity index (χ1v) is 7.19. The zero-order valence-corrected chi connectivity index (χ0v) is 13.5. The Morgan fingerprint density at radius 2 is 2.29 bits per heavy atom. The van der Waals surface area contributed by atoms with Gasteiger partial charge in [-0.2, -0.15) is 5.10 Å². The van der Waals surface area contributed by atoms with Gasteiger partial charge in [0.1, 0.15) is 0 Å². The molecule has 0 aliphatic rings. The summed E-state index contributed by atoms with van der Waals surface area (Å²) < 4.78 is 7.46. The summed E-state index contributed by atoms with van der Waals surface area (Å²) in [6.45, 7) is 3.02. The molecule has 2 rings (SSSR count). The Labute approximate surface area is 131 Å². The SMILES string of the molecule is COCCn1cc(NC(=O)c2cc(Br)cc(N)c2C)cn1. The summed E-state index contributed by atoms with van der Waals surface area (Å²) >= 11 is 3.34. The van der Waals surface area contributed by atoms with Gasteiger partial charge in [0.2, 0.25) is 0 Å². The fourth-order valence-electron chi connectivity index (χ4n) is 1.87. The molecule has 0 atom stereocenters. The monoisotopic (exact) mass is 352 g/mol. The predicted molar refractivity (Wildman–Crippen MR) is 85.3 cm³/mol. The largest absolute Gasteiger partial charge is 0.398 e. The normalized spacial score (nSPS) is 10.6. The summed E-state index contributed by atoms with van der Waals surface area (Å²) in [7, 11) is 1.63. The molecule has 0 bridgehead atoms. The van der Waals surface area contributed by atoms with Crippen molar-refractivity contribution in [1.82, 2.24) is 9.78 Å². The molecule has 0 unspecified atom stereocenters. The number of ether oxygens (including phenoxy) is 1. The second-order valence-corrected chi connectivity index (χ2v) is 5.52. The third-order valence-electron chi connectivity index (χ3n) is 3.07. The number of nitrogens with two attached hydrogens (primary N) is 1. The van der Waals surface area contributed by atoms with Crippen LogP contribution in [0.15, 0.2) is 29.0 Å². The van der Waals surface area contributed by atoms with Crippen LogP contribution in [0.2, 0.25) is 0 Å². The van der Waals surface area contributed by atoms with Gasteiger partial charge in [-0.15, -0.1) is 0 Å². The molecule has 0 aliphatic carbocycles. The van der Waals surface area contributed by atoms with Crippen LogP contribution in [0.5, 0.6) is 0 Å². The maximum absolute atomic E-state index is 12.3. The molecule has 0 radical (unpaired) electrons. The molecule has 6 nitrogen and oxygen atoms in total. The molecule has 1 amide bonds. The maximum Gasteiger partial charge on any atom is 0.256 e. The number of nitrogens with one attached hydrogen (secondary N) is 1. The summed E-state index contributed by atoms with van der Waals surface area (Å²) in [5, 5.41) is 6.96. The third-order valence-corrected chi connectivity index (χ3v) is 3.53. The average Bonchev–Trinajstić information content (AvgIpc) is 2.87. The zero-order chi connectivity index (χ0) is 15.4. The molecule has 1 heterocycles. The fraction of sp³-hybridized carbons (Fsp3) is 0.286.